The molecule has 1 aliphatic heterocycles. The third kappa shape index (κ3) is 5.46. The molecular weight excluding hydrogens is 431 g/mol. The Kier molecular flexibility index (Phi) is 7.25. The lowest BCUT2D eigenvalue weighted by Crippen LogP contribution is -2.36. The van der Waals surface area contributed by atoms with Gasteiger partial charge in [0.15, 0.2) is 0 Å². The van der Waals surface area contributed by atoms with Crippen LogP contribution in [0.5, 0.6) is 0 Å². The summed E-state index contributed by atoms with van der Waals surface area (Å²) in [6, 6.07) is 23.3. The Labute approximate surface area is 192 Å². The van der Waals surface area contributed by atoms with Crippen LogP contribution in [0.4, 0.5) is 0 Å². The van der Waals surface area contributed by atoms with E-state index in [0.29, 0.717) is 28.8 Å². The fourth-order valence-corrected chi connectivity index (χ4v) is 4.13. The second-order valence-electron chi connectivity index (χ2n) is 7.59. The highest BCUT2D eigenvalue weighted by atomic mass is 35.5. The summed E-state index contributed by atoms with van der Waals surface area (Å²) in [7, 11) is 0. The minimum atomic E-state index is -0.180. The number of rotatable bonds is 5. The van der Waals surface area contributed by atoms with Crippen molar-refractivity contribution in [2.75, 3.05) is 26.2 Å². The molecule has 0 unspecified atom stereocenters. The first-order chi connectivity index (χ1) is 15.1. The van der Waals surface area contributed by atoms with Crippen LogP contribution >= 0.6 is 23.2 Å². The Morgan fingerprint density at radius 2 is 1.77 bits per heavy atom. The highest BCUT2D eigenvalue weighted by molar-refractivity contribution is 6.42. The molecule has 4 rings (SSSR count). The predicted molar refractivity (Wildman–Crippen MR) is 126 cm³/mol. The number of halogens is 2. The van der Waals surface area contributed by atoms with E-state index >= 15 is 0 Å². The molecule has 0 radical (unpaired) electrons. The summed E-state index contributed by atoms with van der Waals surface area (Å²) in [4.78, 5) is 12.9. The van der Waals surface area contributed by atoms with Crippen molar-refractivity contribution in [3.63, 3.8) is 0 Å². The standard InChI is InChI=1S/C25H24Cl2N2O2/c26-22-10-9-19(14-23(22)27)24-21(15-28-11-12-31-24)16-29-25(30)20-8-4-7-18(13-20)17-5-2-1-3-6-17/h1-10,13-14,21,24,28H,11-12,15-16H2,(H,29,30)/t21-,24-/m0/s1. The monoisotopic (exact) mass is 454 g/mol. The van der Waals surface area contributed by atoms with E-state index in [9.17, 15) is 4.79 Å². The molecule has 1 saturated heterocycles. The molecule has 0 aromatic heterocycles. The van der Waals surface area contributed by atoms with Crippen molar-refractivity contribution in [3.8, 4) is 11.1 Å². The third-order valence-electron chi connectivity index (χ3n) is 5.44. The fourth-order valence-electron chi connectivity index (χ4n) is 3.82. The number of nitrogens with one attached hydrogen (secondary N) is 2. The van der Waals surface area contributed by atoms with Crippen LogP contribution in [-0.2, 0) is 4.74 Å². The highest BCUT2D eigenvalue weighted by Gasteiger charge is 2.27. The molecule has 2 N–H and O–H groups in total. The van der Waals surface area contributed by atoms with Gasteiger partial charge in [-0.3, -0.25) is 4.79 Å². The van der Waals surface area contributed by atoms with Crippen LogP contribution in [0.15, 0.2) is 72.8 Å². The minimum absolute atomic E-state index is 0.0565. The molecule has 0 aliphatic carbocycles. The molecule has 2 atom stereocenters. The highest BCUT2D eigenvalue weighted by Crippen LogP contribution is 2.32. The number of hydrogen-bond acceptors (Lipinski definition) is 3. The molecule has 0 spiro atoms. The van der Waals surface area contributed by atoms with Crippen molar-refractivity contribution >= 4 is 29.1 Å². The van der Waals surface area contributed by atoms with Crippen molar-refractivity contribution in [2.24, 2.45) is 5.92 Å². The van der Waals surface area contributed by atoms with Crippen molar-refractivity contribution in [3.05, 3.63) is 94.0 Å². The third-order valence-corrected chi connectivity index (χ3v) is 6.18. The van der Waals surface area contributed by atoms with E-state index in [1.54, 1.807) is 6.07 Å². The number of amides is 1. The van der Waals surface area contributed by atoms with Gasteiger partial charge in [-0.05, 0) is 41.0 Å². The Morgan fingerprint density at radius 1 is 0.968 bits per heavy atom. The predicted octanol–water partition coefficient (Wildman–Crippen LogP) is 5.37. The quantitative estimate of drug-likeness (QED) is 0.544. The van der Waals surface area contributed by atoms with Crippen molar-refractivity contribution in [2.45, 2.75) is 6.10 Å². The van der Waals surface area contributed by atoms with Crippen LogP contribution in [0.2, 0.25) is 10.0 Å². The Morgan fingerprint density at radius 3 is 2.58 bits per heavy atom. The molecule has 1 fully saturated rings. The summed E-state index contributed by atoms with van der Waals surface area (Å²) in [6.07, 6.45) is -0.180. The van der Waals surface area contributed by atoms with Gasteiger partial charge in [0.1, 0.15) is 0 Å². The van der Waals surface area contributed by atoms with E-state index in [1.807, 2.05) is 66.7 Å². The lowest BCUT2D eigenvalue weighted by Gasteiger charge is -2.25. The second-order valence-corrected chi connectivity index (χ2v) is 8.40. The van der Waals surface area contributed by atoms with Crippen LogP contribution in [-0.4, -0.2) is 32.1 Å². The van der Waals surface area contributed by atoms with Crippen LogP contribution in [0.1, 0.15) is 22.0 Å². The van der Waals surface area contributed by atoms with Crippen molar-refractivity contribution in [1.82, 2.24) is 10.6 Å². The van der Waals surface area contributed by atoms with Gasteiger partial charge in [0, 0.05) is 31.1 Å². The smallest absolute Gasteiger partial charge is 0.251 e. The van der Waals surface area contributed by atoms with E-state index < -0.39 is 0 Å². The van der Waals surface area contributed by atoms with Crippen LogP contribution in [0.25, 0.3) is 11.1 Å². The topological polar surface area (TPSA) is 50.4 Å². The maximum absolute atomic E-state index is 12.9. The average Bonchev–Trinajstić information content (AvgIpc) is 3.05. The maximum atomic E-state index is 12.9. The molecular formula is C25H24Cl2N2O2. The lowest BCUT2D eigenvalue weighted by molar-refractivity contribution is 0.0306. The molecule has 3 aromatic carbocycles. The van der Waals surface area contributed by atoms with Crippen LogP contribution in [0.3, 0.4) is 0 Å². The minimum Gasteiger partial charge on any atom is -0.372 e. The number of hydrogen-bond donors (Lipinski definition) is 2. The Hall–Kier alpha value is -2.37. The summed E-state index contributed by atoms with van der Waals surface area (Å²) >= 11 is 12.3. The van der Waals surface area contributed by atoms with Crippen LogP contribution in [0, 0.1) is 5.92 Å². The number of carbonyl (C=O) groups is 1. The molecule has 31 heavy (non-hydrogen) atoms. The number of carbonyl (C=O) groups excluding carboxylic acids is 1. The van der Waals surface area contributed by atoms with Gasteiger partial charge >= 0.3 is 0 Å². The summed E-state index contributed by atoms with van der Waals surface area (Å²) in [6.45, 7) is 2.57. The maximum Gasteiger partial charge on any atom is 0.251 e. The molecule has 6 heteroatoms. The van der Waals surface area contributed by atoms with E-state index in [-0.39, 0.29) is 17.9 Å². The van der Waals surface area contributed by atoms with Gasteiger partial charge in [-0.25, -0.2) is 0 Å². The van der Waals surface area contributed by atoms with E-state index in [1.165, 1.54) is 0 Å². The summed E-state index contributed by atoms with van der Waals surface area (Å²) in [5.41, 5.74) is 3.69. The van der Waals surface area contributed by atoms with Gasteiger partial charge in [-0.15, -0.1) is 0 Å². The molecule has 160 valence electrons. The summed E-state index contributed by atoms with van der Waals surface area (Å²) < 4.78 is 6.10. The van der Waals surface area contributed by atoms with Crippen molar-refractivity contribution < 1.29 is 9.53 Å². The van der Waals surface area contributed by atoms with E-state index in [0.717, 1.165) is 29.8 Å². The molecule has 4 nitrogen and oxygen atoms in total. The fraction of sp³-hybridized carbons (Fsp3) is 0.240. The summed E-state index contributed by atoms with van der Waals surface area (Å²) in [5, 5.41) is 7.48. The van der Waals surface area contributed by atoms with E-state index in [2.05, 4.69) is 10.6 Å². The molecule has 0 bridgehead atoms. The number of ether oxygens (including phenoxy) is 1. The zero-order valence-electron chi connectivity index (χ0n) is 17.0. The molecule has 3 aromatic rings. The van der Waals surface area contributed by atoms with Gasteiger partial charge in [0.25, 0.3) is 5.91 Å². The van der Waals surface area contributed by atoms with Gasteiger partial charge in [-0.1, -0.05) is 71.7 Å². The first-order valence-electron chi connectivity index (χ1n) is 10.3. The molecule has 1 aliphatic rings. The largest absolute Gasteiger partial charge is 0.372 e. The Balaban J connectivity index is 1.47. The van der Waals surface area contributed by atoms with Gasteiger partial charge in [0.2, 0.25) is 0 Å². The second kappa shape index (κ2) is 10.3. The van der Waals surface area contributed by atoms with Crippen LogP contribution < -0.4 is 10.6 Å². The van der Waals surface area contributed by atoms with Crippen molar-refractivity contribution in [1.29, 1.82) is 0 Å². The SMILES string of the molecule is O=C(NC[C@@H]1CNCCO[C@H]1c1ccc(Cl)c(Cl)c1)c1cccc(-c2ccccc2)c1. The number of benzene rings is 3. The molecule has 1 amide bonds. The first kappa shape index (κ1) is 21.8. The first-order valence-corrected chi connectivity index (χ1v) is 11.1. The normalized spacial score (nSPS) is 18.9. The molecule has 1 heterocycles. The summed E-state index contributed by atoms with van der Waals surface area (Å²) in [5.74, 6) is -0.0454. The molecule has 0 saturated carbocycles. The average molecular weight is 455 g/mol. The van der Waals surface area contributed by atoms with Gasteiger partial charge in [0.05, 0.1) is 22.8 Å². The van der Waals surface area contributed by atoms with E-state index in [4.69, 9.17) is 27.9 Å². The van der Waals surface area contributed by atoms with Gasteiger partial charge in [-0.2, -0.15) is 0 Å². The Bertz CT molecular complexity index is 1040. The zero-order chi connectivity index (χ0) is 21.6. The zero-order valence-corrected chi connectivity index (χ0v) is 18.5. The van der Waals surface area contributed by atoms with Gasteiger partial charge < -0.3 is 15.4 Å². The lowest BCUT2D eigenvalue weighted by atomic mass is 9.95.